The van der Waals surface area contributed by atoms with E-state index < -0.39 is 15.9 Å². The molecule has 0 bridgehead atoms. The third-order valence-electron chi connectivity index (χ3n) is 2.13. The zero-order valence-corrected chi connectivity index (χ0v) is 13.2. The summed E-state index contributed by atoms with van der Waals surface area (Å²) in [6.45, 7) is 0. The highest BCUT2D eigenvalue weighted by atomic mass is 35.6. The first kappa shape index (κ1) is 17.0. The van der Waals surface area contributed by atoms with Crippen molar-refractivity contribution in [3.05, 3.63) is 42.0 Å². The van der Waals surface area contributed by atoms with Gasteiger partial charge in [0.2, 0.25) is 9.70 Å². The van der Waals surface area contributed by atoms with Crippen LogP contribution in [0.1, 0.15) is 5.56 Å². The summed E-state index contributed by atoms with van der Waals surface area (Å²) < 4.78 is -1.79. The SMILES string of the molecule is NC(=S)NC(NC(=O)/C=C/c1ccccc1)C(Cl)(Cl)Cl. The van der Waals surface area contributed by atoms with E-state index in [0.717, 1.165) is 5.56 Å². The summed E-state index contributed by atoms with van der Waals surface area (Å²) in [7, 11) is 0. The Labute approximate surface area is 137 Å². The standard InChI is InChI=1S/C12H12Cl3N3OS/c13-12(14,15)10(18-11(16)20)17-9(19)7-6-8-4-2-1-3-5-8/h1-7,10H,(H,17,19)(H3,16,18,20)/b7-6+. The van der Waals surface area contributed by atoms with Crippen LogP contribution in [0.2, 0.25) is 0 Å². The van der Waals surface area contributed by atoms with Gasteiger partial charge in [0, 0.05) is 6.08 Å². The fourth-order valence-electron chi connectivity index (χ4n) is 1.27. The van der Waals surface area contributed by atoms with Crippen LogP contribution < -0.4 is 16.4 Å². The number of hydrogen-bond acceptors (Lipinski definition) is 2. The molecular formula is C12H12Cl3N3OS. The van der Waals surface area contributed by atoms with E-state index in [1.807, 2.05) is 30.3 Å². The molecule has 1 rings (SSSR count). The van der Waals surface area contributed by atoms with Crippen LogP contribution in [0, 0.1) is 0 Å². The molecule has 1 unspecified atom stereocenters. The van der Waals surface area contributed by atoms with Gasteiger partial charge in [0.05, 0.1) is 0 Å². The van der Waals surface area contributed by atoms with Crippen molar-refractivity contribution in [3.63, 3.8) is 0 Å². The second kappa shape index (κ2) is 7.69. The molecule has 1 aromatic rings. The number of benzene rings is 1. The maximum atomic E-state index is 11.8. The average molecular weight is 353 g/mol. The van der Waals surface area contributed by atoms with Crippen LogP contribution in [0.4, 0.5) is 0 Å². The predicted molar refractivity (Wildman–Crippen MR) is 87.6 cm³/mol. The number of hydrogen-bond donors (Lipinski definition) is 3. The Morgan fingerprint density at radius 3 is 2.35 bits per heavy atom. The predicted octanol–water partition coefficient (Wildman–Crippen LogP) is 2.35. The van der Waals surface area contributed by atoms with E-state index in [2.05, 4.69) is 22.9 Å². The lowest BCUT2D eigenvalue weighted by atomic mass is 10.2. The molecule has 0 saturated carbocycles. The van der Waals surface area contributed by atoms with Crippen molar-refractivity contribution in [2.45, 2.75) is 9.96 Å². The van der Waals surface area contributed by atoms with Crippen molar-refractivity contribution in [3.8, 4) is 0 Å². The first-order valence-corrected chi connectivity index (χ1v) is 6.99. The van der Waals surface area contributed by atoms with Crippen LogP contribution >= 0.6 is 47.0 Å². The van der Waals surface area contributed by atoms with Crippen LogP contribution in [0.25, 0.3) is 6.08 Å². The van der Waals surface area contributed by atoms with Crippen molar-refractivity contribution < 1.29 is 4.79 Å². The lowest BCUT2D eigenvalue weighted by molar-refractivity contribution is -0.117. The lowest BCUT2D eigenvalue weighted by Crippen LogP contribution is -2.56. The molecule has 0 fully saturated rings. The number of alkyl halides is 3. The van der Waals surface area contributed by atoms with E-state index in [-0.39, 0.29) is 5.11 Å². The third kappa shape index (κ3) is 6.43. The van der Waals surface area contributed by atoms with E-state index in [9.17, 15) is 4.79 Å². The summed E-state index contributed by atoms with van der Waals surface area (Å²) >= 11 is 21.8. The zero-order valence-electron chi connectivity index (χ0n) is 10.1. The van der Waals surface area contributed by atoms with E-state index in [0.29, 0.717) is 0 Å². The molecule has 20 heavy (non-hydrogen) atoms. The van der Waals surface area contributed by atoms with Gasteiger partial charge >= 0.3 is 0 Å². The first-order chi connectivity index (χ1) is 9.29. The summed E-state index contributed by atoms with van der Waals surface area (Å²) in [6, 6.07) is 9.29. The monoisotopic (exact) mass is 351 g/mol. The number of halogens is 3. The Bertz CT molecular complexity index is 502. The second-order valence-corrected chi connectivity index (χ2v) is 6.54. The highest BCUT2D eigenvalue weighted by molar-refractivity contribution is 7.80. The molecular weight excluding hydrogens is 341 g/mol. The average Bonchev–Trinajstić information content (AvgIpc) is 2.35. The summed E-state index contributed by atoms with van der Waals surface area (Å²) in [6.07, 6.45) is 1.92. The molecule has 0 aliphatic heterocycles. The second-order valence-electron chi connectivity index (χ2n) is 3.74. The largest absolute Gasteiger partial charge is 0.376 e. The normalized spacial score (nSPS) is 12.9. The fourth-order valence-corrected chi connectivity index (χ4v) is 1.71. The molecule has 1 amide bonds. The molecule has 0 heterocycles. The Hall–Kier alpha value is -1.01. The number of nitrogens with two attached hydrogens (primary N) is 1. The van der Waals surface area contributed by atoms with Gasteiger partial charge in [-0.3, -0.25) is 4.79 Å². The van der Waals surface area contributed by atoms with Crippen LogP contribution in [0.3, 0.4) is 0 Å². The number of carbonyl (C=O) groups is 1. The van der Waals surface area contributed by atoms with Gasteiger partial charge in [0.25, 0.3) is 0 Å². The molecule has 0 aliphatic carbocycles. The maximum absolute atomic E-state index is 11.8. The molecule has 0 spiro atoms. The van der Waals surface area contributed by atoms with Gasteiger partial charge in [-0.25, -0.2) is 0 Å². The molecule has 0 saturated heterocycles. The molecule has 0 aromatic heterocycles. The number of carbonyl (C=O) groups excluding carboxylic acids is 1. The Morgan fingerprint density at radius 2 is 1.85 bits per heavy atom. The first-order valence-electron chi connectivity index (χ1n) is 5.45. The minimum atomic E-state index is -1.79. The summed E-state index contributed by atoms with van der Waals surface area (Å²) in [5.74, 6) is -0.450. The maximum Gasteiger partial charge on any atom is 0.245 e. The third-order valence-corrected chi connectivity index (χ3v) is 2.90. The minimum Gasteiger partial charge on any atom is -0.376 e. The summed E-state index contributed by atoms with van der Waals surface area (Å²) in [4.78, 5) is 11.8. The van der Waals surface area contributed by atoms with Gasteiger partial charge in [0.15, 0.2) is 5.11 Å². The van der Waals surface area contributed by atoms with Crippen LogP contribution in [-0.4, -0.2) is 21.0 Å². The highest BCUT2D eigenvalue weighted by Gasteiger charge is 2.33. The topological polar surface area (TPSA) is 67.2 Å². The van der Waals surface area contributed by atoms with Crippen molar-refractivity contribution in [1.29, 1.82) is 0 Å². The highest BCUT2D eigenvalue weighted by Crippen LogP contribution is 2.28. The Morgan fingerprint density at radius 1 is 1.25 bits per heavy atom. The quantitative estimate of drug-likeness (QED) is 0.337. The number of amides is 1. The van der Waals surface area contributed by atoms with Gasteiger partial charge in [-0.05, 0) is 23.9 Å². The van der Waals surface area contributed by atoms with E-state index in [4.69, 9.17) is 40.5 Å². The van der Waals surface area contributed by atoms with E-state index in [1.54, 1.807) is 6.08 Å². The van der Waals surface area contributed by atoms with Crippen molar-refractivity contribution in [1.82, 2.24) is 10.6 Å². The molecule has 1 atom stereocenters. The number of thiocarbonyl (C=S) groups is 1. The smallest absolute Gasteiger partial charge is 0.245 e. The van der Waals surface area contributed by atoms with Crippen molar-refractivity contribution in [2.75, 3.05) is 0 Å². The molecule has 108 valence electrons. The van der Waals surface area contributed by atoms with Crippen LogP contribution in [-0.2, 0) is 4.79 Å². The summed E-state index contributed by atoms with van der Waals surface area (Å²) in [5, 5.41) is 4.87. The fraction of sp³-hybridized carbons (Fsp3) is 0.167. The van der Waals surface area contributed by atoms with Crippen LogP contribution in [0.15, 0.2) is 36.4 Å². The molecule has 4 N–H and O–H groups in total. The lowest BCUT2D eigenvalue weighted by Gasteiger charge is -2.25. The van der Waals surface area contributed by atoms with Crippen molar-refractivity contribution in [2.24, 2.45) is 5.73 Å². The molecule has 0 aliphatic rings. The molecule has 4 nitrogen and oxygen atoms in total. The van der Waals surface area contributed by atoms with Gasteiger partial charge in [-0.15, -0.1) is 0 Å². The molecule has 8 heteroatoms. The Balaban J connectivity index is 2.67. The van der Waals surface area contributed by atoms with E-state index in [1.165, 1.54) is 6.08 Å². The molecule has 1 aromatic carbocycles. The van der Waals surface area contributed by atoms with Crippen molar-refractivity contribution >= 4 is 64.1 Å². The van der Waals surface area contributed by atoms with Gasteiger partial charge in [-0.1, -0.05) is 65.1 Å². The van der Waals surface area contributed by atoms with Gasteiger partial charge in [0.1, 0.15) is 6.17 Å². The number of nitrogens with one attached hydrogen (secondary N) is 2. The molecule has 0 radical (unpaired) electrons. The zero-order chi connectivity index (χ0) is 15.2. The minimum absolute atomic E-state index is 0.0892. The summed E-state index contributed by atoms with van der Waals surface area (Å²) in [5.41, 5.74) is 6.18. The van der Waals surface area contributed by atoms with Crippen LogP contribution in [0.5, 0.6) is 0 Å². The van der Waals surface area contributed by atoms with Gasteiger partial charge < -0.3 is 16.4 Å². The van der Waals surface area contributed by atoms with E-state index >= 15 is 0 Å². The Kier molecular flexibility index (Phi) is 6.55. The number of rotatable bonds is 4. The van der Waals surface area contributed by atoms with Gasteiger partial charge in [-0.2, -0.15) is 0 Å².